The highest BCUT2D eigenvalue weighted by atomic mass is 15.0. The SMILES string of the molecule is CCc1nc(C)c2[nH]cnc2n1. The van der Waals surface area contributed by atoms with E-state index in [0.29, 0.717) is 0 Å². The van der Waals surface area contributed by atoms with Crippen LogP contribution in [0.3, 0.4) is 0 Å². The van der Waals surface area contributed by atoms with Gasteiger partial charge in [-0.3, -0.25) is 0 Å². The zero-order valence-electron chi connectivity index (χ0n) is 7.13. The van der Waals surface area contributed by atoms with E-state index in [4.69, 9.17) is 0 Å². The van der Waals surface area contributed by atoms with Crippen molar-refractivity contribution in [1.82, 2.24) is 19.9 Å². The number of rotatable bonds is 1. The number of nitrogens with one attached hydrogen (secondary N) is 1. The quantitative estimate of drug-likeness (QED) is 0.686. The molecule has 0 saturated carbocycles. The summed E-state index contributed by atoms with van der Waals surface area (Å²) in [7, 11) is 0. The second kappa shape index (κ2) is 2.55. The Labute approximate surface area is 70.1 Å². The Morgan fingerprint density at radius 2 is 2.25 bits per heavy atom. The Bertz CT molecular complexity index is 404. The van der Waals surface area contributed by atoms with Crippen molar-refractivity contribution in [2.45, 2.75) is 20.3 Å². The molecule has 1 N–H and O–H groups in total. The summed E-state index contributed by atoms with van der Waals surface area (Å²) in [4.78, 5) is 15.7. The summed E-state index contributed by atoms with van der Waals surface area (Å²) >= 11 is 0. The van der Waals surface area contributed by atoms with Gasteiger partial charge in [0.1, 0.15) is 11.3 Å². The molecule has 0 atom stereocenters. The maximum atomic E-state index is 4.31. The number of imidazole rings is 1. The van der Waals surface area contributed by atoms with Gasteiger partial charge in [0, 0.05) is 6.42 Å². The van der Waals surface area contributed by atoms with Crippen molar-refractivity contribution >= 4 is 11.2 Å². The van der Waals surface area contributed by atoms with Crippen molar-refractivity contribution in [3.63, 3.8) is 0 Å². The van der Waals surface area contributed by atoms with Crippen LogP contribution in [0.2, 0.25) is 0 Å². The minimum absolute atomic E-state index is 0.763. The summed E-state index contributed by atoms with van der Waals surface area (Å²) in [6, 6.07) is 0. The molecule has 0 fully saturated rings. The zero-order valence-corrected chi connectivity index (χ0v) is 7.13. The second-order valence-corrected chi connectivity index (χ2v) is 2.68. The minimum atomic E-state index is 0.763. The van der Waals surface area contributed by atoms with Crippen molar-refractivity contribution in [1.29, 1.82) is 0 Å². The number of aromatic nitrogens is 4. The molecule has 2 aromatic rings. The molecule has 12 heavy (non-hydrogen) atoms. The van der Waals surface area contributed by atoms with E-state index in [2.05, 4.69) is 19.9 Å². The van der Waals surface area contributed by atoms with E-state index in [1.165, 1.54) is 0 Å². The van der Waals surface area contributed by atoms with Gasteiger partial charge >= 0.3 is 0 Å². The molecular formula is C8H10N4. The Hall–Kier alpha value is -1.45. The molecular weight excluding hydrogens is 152 g/mol. The fourth-order valence-corrected chi connectivity index (χ4v) is 1.19. The number of nitrogens with zero attached hydrogens (tertiary/aromatic N) is 3. The van der Waals surface area contributed by atoms with Gasteiger partial charge in [0.2, 0.25) is 0 Å². The van der Waals surface area contributed by atoms with Gasteiger partial charge in [0.25, 0.3) is 0 Å². The smallest absolute Gasteiger partial charge is 0.181 e. The Balaban J connectivity index is 2.75. The molecule has 0 spiro atoms. The molecule has 0 aliphatic rings. The molecule has 0 amide bonds. The monoisotopic (exact) mass is 162 g/mol. The molecule has 0 radical (unpaired) electrons. The van der Waals surface area contributed by atoms with Crippen molar-refractivity contribution in [2.24, 2.45) is 0 Å². The maximum Gasteiger partial charge on any atom is 0.181 e. The highest BCUT2D eigenvalue weighted by Crippen LogP contribution is 2.09. The molecule has 0 aliphatic heterocycles. The molecule has 0 saturated heterocycles. The first kappa shape index (κ1) is 7.21. The predicted molar refractivity (Wildman–Crippen MR) is 45.8 cm³/mol. The third kappa shape index (κ3) is 0.958. The summed E-state index contributed by atoms with van der Waals surface area (Å²) in [5, 5.41) is 0. The van der Waals surface area contributed by atoms with E-state index < -0.39 is 0 Å². The lowest BCUT2D eigenvalue weighted by molar-refractivity contribution is 0.936. The van der Waals surface area contributed by atoms with Gasteiger partial charge in [-0.15, -0.1) is 0 Å². The first-order chi connectivity index (χ1) is 5.81. The molecule has 0 aromatic carbocycles. The molecule has 0 bridgehead atoms. The van der Waals surface area contributed by atoms with Crippen LogP contribution in [0, 0.1) is 6.92 Å². The second-order valence-electron chi connectivity index (χ2n) is 2.68. The van der Waals surface area contributed by atoms with Crippen LogP contribution in [0.1, 0.15) is 18.4 Å². The van der Waals surface area contributed by atoms with Crippen LogP contribution in [0.15, 0.2) is 6.33 Å². The molecule has 62 valence electrons. The average molecular weight is 162 g/mol. The Morgan fingerprint density at radius 1 is 1.42 bits per heavy atom. The molecule has 0 unspecified atom stereocenters. The van der Waals surface area contributed by atoms with Crippen molar-refractivity contribution < 1.29 is 0 Å². The van der Waals surface area contributed by atoms with Crippen LogP contribution in [0.4, 0.5) is 0 Å². The summed E-state index contributed by atoms with van der Waals surface area (Å²) in [6.45, 7) is 3.99. The van der Waals surface area contributed by atoms with Crippen molar-refractivity contribution in [2.75, 3.05) is 0 Å². The zero-order chi connectivity index (χ0) is 8.55. The molecule has 4 nitrogen and oxygen atoms in total. The molecule has 4 heteroatoms. The normalized spacial score (nSPS) is 10.8. The molecule has 2 aromatic heterocycles. The van der Waals surface area contributed by atoms with Gasteiger partial charge in [-0.1, -0.05) is 6.92 Å². The van der Waals surface area contributed by atoms with Crippen LogP contribution in [-0.4, -0.2) is 19.9 Å². The highest BCUT2D eigenvalue weighted by Gasteiger charge is 2.03. The highest BCUT2D eigenvalue weighted by molar-refractivity contribution is 5.71. The minimum Gasteiger partial charge on any atom is -0.342 e. The number of hydrogen-bond donors (Lipinski definition) is 1. The third-order valence-electron chi connectivity index (χ3n) is 1.83. The van der Waals surface area contributed by atoms with Crippen LogP contribution < -0.4 is 0 Å². The van der Waals surface area contributed by atoms with E-state index in [9.17, 15) is 0 Å². The van der Waals surface area contributed by atoms with Gasteiger partial charge in [-0.05, 0) is 6.92 Å². The van der Waals surface area contributed by atoms with Crippen LogP contribution in [0.25, 0.3) is 11.2 Å². The lowest BCUT2D eigenvalue weighted by Crippen LogP contribution is -1.95. The van der Waals surface area contributed by atoms with Gasteiger partial charge in [0.15, 0.2) is 5.65 Å². The molecule has 2 rings (SSSR count). The summed E-state index contributed by atoms with van der Waals surface area (Å²) in [5.41, 5.74) is 2.67. The Kier molecular flexibility index (Phi) is 1.53. The van der Waals surface area contributed by atoms with Crippen molar-refractivity contribution in [3.05, 3.63) is 17.8 Å². The first-order valence-electron chi connectivity index (χ1n) is 3.98. The molecule has 2 heterocycles. The topological polar surface area (TPSA) is 54.5 Å². The number of hydrogen-bond acceptors (Lipinski definition) is 3. The third-order valence-corrected chi connectivity index (χ3v) is 1.83. The maximum absolute atomic E-state index is 4.31. The molecule has 0 aliphatic carbocycles. The van der Waals surface area contributed by atoms with Gasteiger partial charge in [0.05, 0.1) is 12.0 Å². The van der Waals surface area contributed by atoms with E-state index in [0.717, 1.165) is 29.1 Å². The average Bonchev–Trinajstić information content (AvgIpc) is 2.52. The largest absolute Gasteiger partial charge is 0.342 e. The van der Waals surface area contributed by atoms with E-state index in [1.54, 1.807) is 6.33 Å². The van der Waals surface area contributed by atoms with Gasteiger partial charge in [-0.2, -0.15) is 0 Å². The lowest BCUT2D eigenvalue weighted by Gasteiger charge is -1.97. The van der Waals surface area contributed by atoms with Crippen LogP contribution >= 0.6 is 0 Å². The number of aryl methyl sites for hydroxylation is 2. The van der Waals surface area contributed by atoms with E-state index in [1.807, 2.05) is 13.8 Å². The number of aromatic amines is 1. The fourth-order valence-electron chi connectivity index (χ4n) is 1.19. The fraction of sp³-hybridized carbons (Fsp3) is 0.375. The summed E-state index contributed by atoms with van der Waals surface area (Å²) in [6.07, 6.45) is 2.50. The van der Waals surface area contributed by atoms with Gasteiger partial charge in [-0.25, -0.2) is 15.0 Å². The standard InChI is InChI=1S/C8H10N4/c1-3-6-11-5(2)7-8(12-6)10-4-9-7/h4H,3H2,1-2H3,(H,9,10,11,12). The van der Waals surface area contributed by atoms with E-state index >= 15 is 0 Å². The summed E-state index contributed by atoms with van der Waals surface area (Å²) in [5.74, 6) is 0.854. The predicted octanol–water partition coefficient (Wildman–Crippen LogP) is 1.22. The first-order valence-corrected chi connectivity index (χ1v) is 3.98. The van der Waals surface area contributed by atoms with Crippen LogP contribution in [-0.2, 0) is 6.42 Å². The Morgan fingerprint density at radius 3 is 3.00 bits per heavy atom. The van der Waals surface area contributed by atoms with Gasteiger partial charge < -0.3 is 4.98 Å². The van der Waals surface area contributed by atoms with E-state index in [-0.39, 0.29) is 0 Å². The lowest BCUT2D eigenvalue weighted by atomic mass is 10.3. The summed E-state index contributed by atoms with van der Waals surface area (Å²) < 4.78 is 0. The number of fused-ring (bicyclic) bond motifs is 1. The number of H-pyrrole nitrogens is 1. The van der Waals surface area contributed by atoms with Crippen LogP contribution in [0.5, 0.6) is 0 Å². The van der Waals surface area contributed by atoms with Crippen molar-refractivity contribution in [3.8, 4) is 0 Å².